The highest BCUT2D eigenvalue weighted by atomic mass is 32.2. The number of amides is 1. The van der Waals surface area contributed by atoms with Gasteiger partial charge >= 0.3 is 5.97 Å². The number of hydrogen-bond donors (Lipinski definition) is 2. The van der Waals surface area contributed by atoms with E-state index in [1.165, 1.54) is 39.0 Å². The van der Waals surface area contributed by atoms with Gasteiger partial charge in [0.2, 0.25) is 0 Å². The molecule has 3 rings (SSSR count). The van der Waals surface area contributed by atoms with E-state index in [0.29, 0.717) is 16.6 Å². The predicted octanol–water partition coefficient (Wildman–Crippen LogP) is 4.20. The number of furan rings is 1. The number of rotatable bonds is 6. The minimum atomic E-state index is -1.07. The molecule has 0 aliphatic heterocycles. The first-order valence-electron chi connectivity index (χ1n) is 8.72. The largest absolute Gasteiger partial charge is 0.480 e. The van der Waals surface area contributed by atoms with Crippen molar-refractivity contribution in [2.24, 2.45) is 0 Å². The van der Waals surface area contributed by atoms with Gasteiger partial charge in [-0.05, 0) is 25.8 Å². The van der Waals surface area contributed by atoms with Crippen molar-refractivity contribution in [2.75, 3.05) is 0 Å². The van der Waals surface area contributed by atoms with E-state index in [1.54, 1.807) is 0 Å². The molecule has 1 fully saturated rings. The molecule has 0 spiro atoms. The molecule has 1 saturated carbocycles. The zero-order chi connectivity index (χ0) is 17.8. The number of aliphatic carboxylic acids is 1. The summed E-state index contributed by atoms with van der Waals surface area (Å²) in [5.74, 6) is -0.600. The Morgan fingerprint density at radius 2 is 2.00 bits per heavy atom. The first-order chi connectivity index (χ1) is 12.1. The highest BCUT2D eigenvalue weighted by Gasteiger charge is 2.24. The summed E-state index contributed by atoms with van der Waals surface area (Å²) >= 11 is 1.87. The van der Waals surface area contributed by atoms with Gasteiger partial charge in [-0.3, -0.25) is 9.59 Å². The average Bonchev–Trinajstić information content (AvgIpc) is 2.99. The number of para-hydroxylation sites is 1. The smallest absolute Gasteiger partial charge is 0.325 e. The Balaban J connectivity index is 1.83. The second-order valence-corrected chi connectivity index (χ2v) is 7.80. The highest BCUT2D eigenvalue weighted by molar-refractivity contribution is 7.99. The van der Waals surface area contributed by atoms with Gasteiger partial charge in [0.25, 0.3) is 5.91 Å². The Hall–Kier alpha value is -1.95. The lowest BCUT2D eigenvalue weighted by atomic mass is 10.0. The van der Waals surface area contributed by atoms with E-state index in [1.807, 2.05) is 36.0 Å². The van der Waals surface area contributed by atoms with Crippen molar-refractivity contribution in [3.63, 3.8) is 0 Å². The van der Waals surface area contributed by atoms with E-state index in [4.69, 9.17) is 9.52 Å². The number of benzene rings is 1. The monoisotopic (exact) mass is 361 g/mol. The summed E-state index contributed by atoms with van der Waals surface area (Å²) in [7, 11) is 0. The molecule has 0 saturated heterocycles. The maximum atomic E-state index is 12.5. The second kappa shape index (κ2) is 7.95. The molecule has 0 radical (unpaired) electrons. The van der Waals surface area contributed by atoms with Crippen LogP contribution in [-0.4, -0.2) is 28.3 Å². The maximum absolute atomic E-state index is 12.5. The quantitative estimate of drug-likeness (QED) is 0.806. The zero-order valence-electron chi connectivity index (χ0n) is 14.3. The van der Waals surface area contributed by atoms with E-state index in [0.717, 1.165) is 10.9 Å². The van der Waals surface area contributed by atoms with Crippen molar-refractivity contribution < 1.29 is 19.1 Å². The first kappa shape index (κ1) is 17.9. The molecule has 0 bridgehead atoms. The van der Waals surface area contributed by atoms with E-state index in [-0.39, 0.29) is 5.76 Å². The Morgan fingerprint density at radius 3 is 2.72 bits per heavy atom. The number of fused-ring (bicyclic) bond motifs is 1. The van der Waals surface area contributed by atoms with Gasteiger partial charge in [0.05, 0.1) is 0 Å². The molecule has 1 amide bonds. The lowest BCUT2D eigenvalue weighted by molar-refractivity contribution is -0.138. The van der Waals surface area contributed by atoms with Crippen LogP contribution in [0.15, 0.2) is 28.7 Å². The normalized spacial score (nSPS) is 16.7. The molecule has 2 N–H and O–H groups in total. The maximum Gasteiger partial charge on any atom is 0.325 e. The van der Waals surface area contributed by atoms with Gasteiger partial charge in [0.1, 0.15) is 11.6 Å². The fraction of sp³-hybridized carbons (Fsp3) is 0.474. The number of hydrogen-bond acceptors (Lipinski definition) is 4. The third kappa shape index (κ3) is 4.18. The van der Waals surface area contributed by atoms with Gasteiger partial charge in [-0.2, -0.15) is 11.8 Å². The van der Waals surface area contributed by atoms with Crippen LogP contribution in [0.1, 0.15) is 55.1 Å². The molecule has 1 heterocycles. The summed E-state index contributed by atoms with van der Waals surface area (Å²) in [6.07, 6.45) is 6.29. The molecule has 25 heavy (non-hydrogen) atoms. The highest BCUT2D eigenvalue weighted by Crippen LogP contribution is 2.35. The summed E-state index contributed by atoms with van der Waals surface area (Å²) in [6.45, 7) is 1.44. The minimum absolute atomic E-state index is 0.234. The number of carbonyl (C=O) groups excluding carboxylic acids is 1. The van der Waals surface area contributed by atoms with Crippen molar-refractivity contribution in [1.29, 1.82) is 0 Å². The molecule has 1 aliphatic carbocycles. The fourth-order valence-electron chi connectivity index (χ4n) is 3.18. The lowest BCUT2D eigenvalue weighted by Crippen LogP contribution is -2.38. The number of carboxylic acid groups (broad SMARTS) is 1. The van der Waals surface area contributed by atoms with Gasteiger partial charge in [0, 0.05) is 22.0 Å². The first-order valence-corrected chi connectivity index (χ1v) is 9.77. The zero-order valence-corrected chi connectivity index (χ0v) is 15.1. The van der Waals surface area contributed by atoms with Crippen LogP contribution in [0.5, 0.6) is 0 Å². The van der Waals surface area contributed by atoms with Crippen LogP contribution in [-0.2, 0) is 10.5 Å². The number of carbonyl (C=O) groups is 2. The molecule has 0 unspecified atom stereocenters. The number of nitrogens with one attached hydrogen (secondary N) is 1. The molecule has 1 aromatic carbocycles. The van der Waals surface area contributed by atoms with Crippen molar-refractivity contribution in [3.8, 4) is 0 Å². The summed E-state index contributed by atoms with van der Waals surface area (Å²) < 4.78 is 5.76. The van der Waals surface area contributed by atoms with E-state index >= 15 is 0 Å². The summed E-state index contributed by atoms with van der Waals surface area (Å²) in [6, 6.07) is 6.62. The molecule has 134 valence electrons. The van der Waals surface area contributed by atoms with Crippen LogP contribution in [0.4, 0.5) is 0 Å². The Bertz CT molecular complexity index is 764. The van der Waals surface area contributed by atoms with Crippen molar-refractivity contribution in [3.05, 3.63) is 35.6 Å². The molecule has 1 atom stereocenters. The summed E-state index contributed by atoms with van der Waals surface area (Å²) in [4.78, 5) is 23.5. The van der Waals surface area contributed by atoms with Crippen molar-refractivity contribution >= 4 is 34.6 Å². The Kier molecular flexibility index (Phi) is 5.68. The van der Waals surface area contributed by atoms with E-state index < -0.39 is 17.9 Å². The van der Waals surface area contributed by atoms with E-state index in [9.17, 15) is 9.59 Å². The molecule has 6 heteroatoms. The molecular formula is C19H23NO4S. The third-order valence-electron chi connectivity index (χ3n) is 4.64. The lowest BCUT2D eigenvalue weighted by Gasteiger charge is -2.20. The van der Waals surface area contributed by atoms with Crippen LogP contribution >= 0.6 is 11.8 Å². The van der Waals surface area contributed by atoms with E-state index in [2.05, 4.69) is 5.32 Å². The summed E-state index contributed by atoms with van der Waals surface area (Å²) in [5, 5.41) is 13.1. The molecular weight excluding hydrogens is 338 g/mol. The molecule has 1 aliphatic rings. The third-order valence-corrected chi connectivity index (χ3v) is 6.04. The molecule has 5 nitrogen and oxygen atoms in total. The van der Waals surface area contributed by atoms with Crippen LogP contribution < -0.4 is 5.32 Å². The van der Waals surface area contributed by atoms with Crippen LogP contribution in [0.25, 0.3) is 11.0 Å². The van der Waals surface area contributed by atoms with Gasteiger partial charge in [-0.25, -0.2) is 0 Å². The van der Waals surface area contributed by atoms with Crippen molar-refractivity contribution in [1.82, 2.24) is 5.32 Å². The fourth-order valence-corrected chi connectivity index (χ4v) is 4.54. The van der Waals surface area contributed by atoms with Crippen molar-refractivity contribution in [2.45, 2.75) is 56.1 Å². The second-order valence-electron chi connectivity index (χ2n) is 6.51. The number of thioether (sulfide) groups is 1. The van der Waals surface area contributed by atoms with Gasteiger partial charge < -0.3 is 14.8 Å². The molecule has 2 aromatic rings. The predicted molar refractivity (Wildman–Crippen MR) is 98.9 cm³/mol. The van der Waals surface area contributed by atoms with Gasteiger partial charge in [0.15, 0.2) is 5.76 Å². The topological polar surface area (TPSA) is 79.5 Å². The van der Waals surface area contributed by atoms with Crippen LogP contribution in [0.2, 0.25) is 0 Å². The summed E-state index contributed by atoms with van der Waals surface area (Å²) in [5.41, 5.74) is 1.52. The van der Waals surface area contributed by atoms with Crippen LogP contribution in [0, 0.1) is 0 Å². The SMILES string of the molecule is C[C@H](NC(=O)c1oc2ccccc2c1CSC1CCCCC1)C(=O)O. The van der Waals surface area contributed by atoms with Gasteiger partial charge in [-0.15, -0.1) is 0 Å². The Labute approximate surface area is 151 Å². The number of carboxylic acids is 1. The minimum Gasteiger partial charge on any atom is -0.480 e. The molecule has 1 aromatic heterocycles. The Morgan fingerprint density at radius 1 is 1.28 bits per heavy atom. The van der Waals surface area contributed by atoms with Crippen LogP contribution in [0.3, 0.4) is 0 Å². The van der Waals surface area contributed by atoms with Gasteiger partial charge in [-0.1, -0.05) is 37.5 Å². The average molecular weight is 361 g/mol. The standard InChI is InChI=1S/C19H23NO4S/c1-12(19(22)23)20-18(21)17-15(11-25-13-7-3-2-4-8-13)14-9-5-6-10-16(14)24-17/h5-6,9-10,12-13H,2-4,7-8,11H2,1H3,(H,20,21)(H,22,23)/t12-/m0/s1.